The standard InChI is InChI=1S/C18H22O3/c1-17(2)8-9-18(16(19)20)7-6-12-10-13(21-3)4-5-14(12)15(18)11-17/h4-5,10-11H,6-9H2,1-3H3,(H,19,20)/t18-/m1/s1. The number of ether oxygens (including phenoxy) is 1. The van der Waals surface area contributed by atoms with Crippen molar-refractivity contribution in [3.05, 3.63) is 35.4 Å². The maximum atomic E-state index is 12.0. The first kappa shape index (κ1) is 14.2. The molecule has 0 unspecified atom stereocenters. The van der Waals surface area contributed by atoms with E-state index in [2.05, 4.69) is 19.9 Å². The number of allylic oxidation sites excluding steroid dienone is 1. The number of hydrogen-bond acceptors (Lipinski definition) is 2. The Morgan fingerprint density at radius 1 is 1.24 bits per heavy atom. The van der Waals surface area contributed by atoms with Gasteiger partial charge in [0.05, 0.1) is 12.5 Å². The lowest BCUT2D eigenvalue weighted by Gasteiger charge is -2.44. The Morgan fingerprint density at radius 3 is 2.67 bits per heavy atom. The van der Waals surface area contributed by atoms with Gasteiger partial charge in [-0.05, 0) is 59.9 Å². The van der Waals surface area contributed by atoms with Gasteiger partial charge in [0.15, 0.2) is 0 Å². The molecule has 3 rings (SSSR count). The fourth-order valence-electron chi connectivity index (χ4n) is 3.71. The van der Waals surface area contributed by atoms with Gasteiger partial charge in [0.2, 0.25) is 0 Å². The Bertz CT molecular complexity index is 627. The number of fused-ring (bicyclic) bond motifs is 3. The molecule has 0 fully saturated rings. The molecular weight excluding hydrogens is 264 g/mol. The normalized spacial score (nSPS) is 26.3. The lowest BCUT2D eigenvalue weighted by molar-refractivity contribution is -0.146. The summed E-state index contributed by atoms with van der Waals surface area (Å²) in [6, 6.07) is 6.00. The number of rotatable bonds is 2. The van der Waals surface area contributed by atoms with Crippen molar-refractivity contribution in [1.82, 2.24) is 0 Å². The maximum Gasteiger partial charge on any atom is 0.314 e. The Balaban J connectivity index is 2.19. The smallest absolute Gasteiger partial charge is 0.314 e. The van der Waals surface area contributed by atoms with Crippen LogP contribution in [0.1, 0.15) is 44.2 Å². The highest BCUT2D eigenvalue weighted by atomic mass is 16.5. The van der Waals surface area contributed by atoms with Crippen LogP contribution in [-0.2, 0) is 11.2 Å². The third-order valence-electron chi connectivity index (χ3n) is 5.08. The van der Waals surface area contributed by atoms with Crippen LogP contribution >= 0.6 is 0 Å². The summed E-state index contributed by atoms with van der Waals surface area (Å²) in [6.45, 7) is 4.37. The predicted octanol–water partition coefficient (Wildman–Crippen LogP) is 3.92. The molecule has 0 aromatic heterocycles. The van der Waals surface area contributed by atoms with E-state index in [0.717, 1.165) is 36.1 Å². The summed E-state index contributed by atoms with van der Waals surface area (Å²) in [5.74, 6) is 0.165. The summed E-state index contributed by atoms with van der Waals surface area (Å²) in [5.41, 5.74) is 2.67. The van der Waals surface area contributed by atoms with Crippen LogP contribution in [0.2, 0.25) is 0 Å². The highest BCUT2D eigenvalue weighted by molar-refractivity contribution is 5.94. The number of hydrogen-bond donors (Lipinski definition) is 1. The van der Waals surface area contributed by atoms with Crippen LogP contribution in [0.15, 0.2) is 24.3 Å². The van der Waals surface area contributed by atoms with Crippen molar-refractivity contribution in [3.63, 3.8) is 0 Å². The molecule has 3 heteroatoms. The molecule has 0 heterocycles. The number of methoxy groups -OCH3 is 1. The molecule has 2 aliphatic carbocycles. The zero-order chi connectivity index (χ0) is 15.3. The summed E-state index contributed by atoms with van der Waals surface area (Å²) >= 11 is 0. The molecule has 112 valence electrons. The molecule has 2 aliphatic rings. The first-order valence-corrected chi connectivity index (χ1v) is 7.52. The summed E-state index contributed by atoms with van der Waals surface area (Å²) in [6.07, 6.45) is 5.33. The van der Waals surface area contributed by atoms with E-state index in [1.807, 2.05) is 18.2 Å². The van der Waals surface area contributed by atoms with Crippen LogP contribution in [0, 0.1) is 10.8 Å². The zero-order valence-electron chi connectivity index (χ0n) is 12.9. The fraction of sp³-hybridized carbons (Fsp3) is 0.500. The second-order valence-corrected chi connectivity index (χ2v) is 6.96. The van der Waals surface area contributed by atoms with Crippen LogP contribution in [-0.4, -0.2) is 18.2 Å². The Kier molecular flexibility index (Phi) is 3.12. The minimum atomic E-state index is -0.697. The molecule has 0 radical (unpaired) electrons. The van der Waals surface area contributed by atoms with Gasteiger partial charge in [0.25, 0.3) is 0 Å². The lowest BCUT2D eigenvalue weighted by atomic mass is 9.59. The summed E-state index contributed by atoms with van der Waals surface area (Å²) in [5, 5.41) is 9.86. The van der Waals surface area contributed by atoms with Crippen molar-refractivity contribution < 1.29 is 14.6 Å². The Labute approximate surface area is 125 Å². The second-order valence-electron chi connectivity index (χ2n) is 6.96. The summed E-state index contributed by atoms with van der Waals surface area (Å²) < 4.78 is 5.29. The van der Waals surface area contributed by atoms with Crippen LogP contribution in [0.5, 0.6) is 5.75 Å². The third kappa shape index (κ3) is 2.15. The zero-order valence-corrected chi connectivity index (χ0v) is 12.9. The first-order valence-electron chi connectivity index (χ1n) is 7.52. The van der Waals surface area contributed by atoms with Crippen molar-refractivity contribution in [2.45, 2.75) is 39.5 Å². The molecule has 0 spiro atoms. The number of carboxylic acid groups (broad SMARTS) is 1. The highest BCUT2D eigenvalue weighted by Crippen LogP contribution is 2.54. The maximum absolute atomic E-state index is 12.0. The molecule has 0 aliphatic heterocycles. The molecule has 0 bridgehead atoms. The minimum Gasteiger partial charge on any atom is -0.497 e. The number of benzene rings is 1. The van der Waals surface area contributed by atoms with Gasteiger partial charge in [0, 0.05) is 0 Å². The van der Waals surface area contributed by atoms with Gasteiger partial charge in [-0.2, -0.15) is 0 Å². The molecule has 1 N–H and O–H groups in total. The van der Waals surface area contributed by atoms with E-state index in [4.69, 9.17) is 4.74 Å². The van der Waals surface area contributed by atoms with E-state index in [1.54, 1.807) is 7.11 Å². The SMILES string of the molecule is COc1ccc2c(c1)CC[C@@]1(C(=O)O)CCC(C)(C)C=C21. The van der Waals surface area contributed by atoms with Gasteiger partial charge >= 0.3 is 5.97 Å². The number of carboxylic acids is 1. The molecule has 0 saturated heterocycles. The molecule has 1 aromatic carbocycles. The molecule has 1 aromatic rings. The average molecular weight is 286 g/mol. The average Bonchev–Trinajstić information content (AvgIpc) is 2.45. The number of carbonyl (C=O) groups is 1. The minimum absolute atomic E-state index is 0.0584. The largest absolute Gasteiger partial charge is 0.497 e. The monoisotopic (exact) mass is 286 g/mol. The van der Waals surface area contributed by atoms with Crippen molar-refractivity contribution in [3.8, 4) is 5.75 Å². The van der Waals surface area contributed by atoms with Crippen LogP contribution in [0.3, 0.4) is 0 Å². The van der Waals surface area contributed by atoms with E-state index < -0.39 is 11.4 Å². The van der Waals surface area contributed by atoms with E-state index in [1.165, 1.54) is 5.56 Å². The van der Waals surface area contributed by atoms with E-state index >= 15 is 0 Å². The van der Waals surface area contributed by atoms with E-state index in [-0.39, 0.29) is 5.41 Å². The first-order chi connectivity index (χ1) is 9.88. The van der Waals surface area contributed by atoms with Gasteiger partial charge < -0.3 is 9.84 Å². The third-order valence-corrected chi connectivity index (χ3v) is 5.08. The van der Waals surface area contributed by atoms with E-state index in [0.29, 0.717) is 6.42 Å². The van der Waals surface area contributed by atoms with Crippen molar-refractivity contribution in [2.75, 3.05) is 7.11 Å². The molecule has 0 amide bonds. The highest BCUT2D eigenvalue weighted by Gasteiger charge is 2.48. The van der Waals surface area contributed by atoms with Crippen LogP contribution in [0.4, 0.5) is 0 Å². The predicted molar refractivity (Wildman–Crippen MR) is 82.4 cm³/mol. The molecule has 0 saturated carbocycles. The molecule has 21 heavy (non-hydrogen) atoms. The Morgan fingerprint density at radius 2 is 2.00 bits per heavy atom. The number of aryl methyl sites for hydroxylation is 1. The molecular formula is C18H22O3. The van der Waals surface area contributed by atoms with Crippen molar-refractivity contribution in [2.24, 2.45) is 10.8 Å². The summed E-state index contributed by atoms with van der Waals surface area (Å²) in [4.78, 5) is 12.0. The van der Waals surface area contributed by atoms with Crippen molar-refractivity contribution >= 4 is 11.5 Å². The van der Waals surface area contributed by atoms with Gasteiger partial charge in [-0.15, -0.1) is 0 Å². The lowest BCUT2D eigenvalue weighted by Crippen LogP contribution is -2.40. The van der Waals surface area contributed by atoms with Gasteiger partial charge in [-0.1, -0.05) is 26.0 Å². The molecule has 1 atom stereocenters. The fourth-order valence-corrected chi connectivity index (χ4v) is 3.71. The second kappa shape index (κ2) is 4.62. The van der Waals surface area contributed by atoms with Gasteiger partial charge in [0.1, 0.15) is 5.75 Å². The topological polar surface area (TPSA) is 46.5 Å². The van der Waals surface area contributed by atoms with E-state index in [9.17, 15) is 9.90 Å². The molecule has 3 nitrogen and oxygen atoms in total. The van der Waals surface area contributed by atoms with Gasteiger partial charge in [-0.25, -0.2) is 0 Å². The van der Waals surface area contributed by atoms with Crippen LogP contribution in [0.25, 0.3) is 5.57 Å². The quantitative estimate of drug-likeness (QED) is 0.896. The summed E-state index contributed by atoms with van der Waals surface area (Å²) in [7, 11) is 1.66. The van der Waals surface area contributed by atoms with Crippen molar-refractivity contribution in [1.29, 1.82) is 0 Å². The van der Waals surface area contributed by atoms with Crippen LogP contribution < -0.4 is 4.74 Å². The number of aliphatic carboxylic acids is 1. The van der Waals surface area contributed by atoms with Gasteiger partial charge in [-0.3, -0.25) is 4.79 Å². The Hall–Kier alpha value is -1.77.